The molecule has 1 atom stereocenters. The first-order valence-corrected chi connectivity index (χ1v) is 9.33. The number of nitrogens with two attached hydrogens (primary N) is 1. The molecule has 0 radical (unpaired) electrons. The number of ether oxygens (including phenoxy) is 1. The number of carbonyl (C=O) groups is 3. The minimum Gasteiger partial charge on any atom is -0.550 e. The second-order valence-electron chi connectivity index (χ2n) is 7.66. The molecule has 1 heterocycles. The van der Waals surface area contributed by atoms with E-state index in [2.05, 4.69) is 5.32 Å². The molecule has 2 aliphatic rings. The van der Waals surface area contributed by atoms with Crippen LogP contribution in [0.15, 0.2) is 24.3 Å². The molecule has 3 N–H and O–H groups in total. The van der Waals surface area contributed by atoms with Gasteiger partial charge in [0, 0.05) is 43.5 Å². The summed E-state index contributed by atoms with van der Waals surface area (Å²) < 4.78 is 5.34. The van der Waals surface area contributed by atoms with Crippen molar-refractivity contribution in [2.24, 2.45) is 17.1 Å². The van der Waals surface area contributed by atoms with Gasteiger partial charge in [0.2, 0.25) is 11.8 Å². The molecule has 1 aliphatic heterocycles. The third-order valence-corrected chi connectivity index (χ3v) is 5.71. The van der Waals surface area contributed by atoms with Gasteiger partial charge in [0.15, 0.2) is 0 Å². The predicted molar refractivity (Wildman–Crippen MR) is 95.2 cm³/mol. The number of primary amides is 1. The van der Waals surface area contributed by atoms with Gasteiger partial charge in [-0.2, -0.15) is 0 Å². The number of hydrogen-bond acceptors (Lipinski definition) is 5. The Kier molecular flexibility index (Phi) is 8.07. The van der Waals surface area contributed by atoms with E-state index in [1.165, 1.54) is 0 Å². The van der Waals surface area contributed by atoms with Crippen molar-refractivity contribution < 1.29 is 53.8 Å². The Morgan fingerprint density at radius 2 is 1.75 bits per heavy atom. The summed E-state index contributed by atoms with van der Waals surface area (Å²) >= 11 is 0. The fraction of sp³-hybridized carbons (Fsp3) is 0.550. The van der Waals surface area contributed by atoms with Gasteiger partial charge in [-0.15, -0.1) is 0 Å². The van der Waals surface area contributed by atoms with Gasteiger partial charge in [0.1, 0.15) is 0 Å². The quantitative estimate of drug-likeness (QED) is 0.468. The standard InChI is InChI=1S/C20H26N2O5.Na/c21-17(23)9-16(13-5-7-27-8-6-13)22-18(24)12-20(19(25)26)10-14-3-1-2-4-15(14)11-20;/h1-4,13,16H,5-12H2,(H2,21,23)(H,22,24)(H,25,26);/q;+1/p-1. The predicted octanol–water partition coefficient (Wildman–Crippen LogP) is -3.30. The van der Waals surface area contributed by atoms with Crippen molar-refractivity contribution in [3.63, 3.8) is 0 Å². The van der Waals surface area contributed by atoms with Crippen molar-refractivity contribution in [3.8, 4) is 0 Å². The van der Waals surface area contributed by atoms with Crippen molar-refractivity contribution in [2.75, 3.05) is 13.2 Å². The zero-order valence-electron chi connectivity index (χ0n) is 16.2. The molecule has 28 heavy (non-hydrogen) atoms. The van der Waals surface area contributed by atoms with Gasteiger partial charge in [0.05, 0.1) is 0 Å². The zero-order chi connectivity index (χ0) is 19.4. The average molecular weight is 396 g/mol. The summed E-state index contributed by atoms with van der Waals surface area (Å²) in [6.45, 7) is 1.15. The molecule has 3 rings (SSSR count). The van der Waals surface area contributed by atoms with Crippen LogP contribution in [0.25, 0.3) is 0 Å². The maximum absolute atomic E-state index is 12.7. The Morgan fingerprint density at radius 3 is 2.25 bits per heavy atom. The molecule has 1 fully saturated rings. The average Bonchev–Trinajstić information content (AvgIpc) is 3.01. The normalized spacial score (nSPS) is 19.1. The van der Waals surface area contributed by atoms with Crippen molar-refractivity contribution in [2.45, 2.75) is 44.6 Å². The first-order chi connectivity index (χ1) is 12.9. The Labute approximate surface area is 186 Å². The van der Waals surface area contributed by atoms with E-state index in [0.717, 1.165) is 24.0 Å². The van der Waals surface area contributed by atoms with Crippen molar-refractivity contribution in [1.29, 1.82) is 0 Å². The number of amides is 2. The minimum absolute atomic E-state index is 0. The van der Waals surface area contributed by atoms with Crippen LogP contribution in [0.3, 0.4) is 0 Å². The summed E-state index contributed by atoms with van der Waals surface area (Å²) in [5, 5.41) is 14.8. The van der Waals surface area contributed by atoms with Crippen LogP contribution in [-0.4, -0.2) is 37.0 Å². The Hall–Kier alpha value is -1.41. The van der Waals surface area contributed by atoms with Crippen LogP contribution >= 0.6 is 0 Å². The molecule has 0 aromatic heterocycles. The van der Waals surface area contributed by atoms with Crippen LogP contribution in [0, 0.1) is 11.3 Å². The van der Waals surface area contributed by atoms with Gasteiger partial charge in [0.25, 0.3) is 0 Å². The number of fused-ring (bicyclic) bond motifs is 1. The van der Waals surface area contributed by atoms with Crippen LogP contribution in [0.4, 0.5) is 0 Å². The fourth-order valence-corrected chi connectivity index (χ4v) is 4.27. The molecular formula is C20H25N2NaO5. The molecule has 1 aromatic carbocycles. The van der Waals surface area contributed by atoms with Crippen LogP contribution in [0.5, 0.6) is 0 Å². The van der Waals surface area contributed by atoms with Gasteiger partial charge < -0.3 is 25.7 Å². The summed E-state index contributed by atoms with van der Waals surface area (Å²) in [6.07, 6.45) is 1.87. The van der Waals surface area contributed by atoms with E-state index in [1.54, 1.807) is 0 Å². The summed E-state index contributed by atoms with van der Waals surface area (Å²) in [5.74, 6) is -2.00. The van der Waals surface area contributed by atoms with E-state index < -0.39 is 23.3 Å². The summed E-state index contributed by atoms with van der Waals surface area (Å²) in [5.41, 5.74) is 5.97. The Bertz CT molecular complexity index is 708. The molecule has 1 saturated heterocycles. The number of rotatable bonds is 7. The van der Waals surface area contributed by atoms with Crippen LogP contribution in [0.1, 0.15) is 36.8 Å². The molecule has 2 amide bonds. The monoisotopic (exact) mass is 396 g/mol. The molecular weight excluding hydrogens is 371 g/mol. The molecule has 0 bridgehead atoms. The van der Waals surface area contributed by atoms with Crippen LogP contribution in [-0.2, 0) is 32.0 Å². The van der Waals surface area contributed by atoms with Gasteiger partial charge in [-0.05, 0) is 42.7 Å². The van der Waals surface area contributed by atoms with E-state index >= 15 is 0 Å². The molecule has 146 valence electrons. The molecule has 1 unspecified atom stereocenters. The summed E-state index contributed by atoms with van der Waals surface area (Å²) in [6, 6.07) is 7.09. The summed E-state index contributed by atoms with van der Waals surface area (Å²) in [4.78, 5) is 36.1. The van der Waals surface area contributed by atoms with E-state index in [1.807, 2.05) is 24.3 Å². The number of carbonyl (C=O) groups excluding carboxylic acids is 3. The van der Waals surface area contributed by atoms with E-state index in [-0.39, 0.29) is 67.1 Å². The largest absolute Gasteiger partial charge is 1.00 e. The second kappa shape index (κ2) is 9.87. The number of carboxylic acid groups (broad SMARTS) is 1. The molecule has 0 saturated carbocycles. The van der Waals surface area contributed by atoms with Crippen molar-refractivity contribution >= 4 is 17.8 Å². The van der Waals surface area contributed by atoms with E-state index in [0.29, 0.717) is 13.2 Å². The Balaban J connectivity index is 0.00000280. The molecule has 1 aromatic rings. The number of aliphatic carboxylic acids is 1. The van der Waals surface area contributed by atoms with E-state index in [9.17, 15) is 19.5 Å². The van der Waals surface area contributed by atoms with Gasteiger partial charge >= 0.3 is 29.6 Å². The minimum atomic E-state index is -1.25. The van der Waals surface area contributed by atoms with Crippen LogP contribution in [0.2, 0.25) is 0 Å². The third kappa shape index (κ3) is 5.35. The molecule has 1 aliphatic carbocycles. The first-order valence-electron chi connectivity index (χ1n) is 9.33. The van der Waals surface area contributed by atoms with Crippen molar-refractivity contribution in [1.82, 2.24) is 5.32 Å². The van der Waals surface area contributed by atoms with E-state index in [4.69, 9.17) is 10.5 Å². The van der Waals surface area contributed by atoms with Gasteiger partial charge in [-0.3, -0.25) is 9.59 Å². The third-order valence-electron chi connectivity index (χ3n) is 5.71. The number of nitrogens with one attached hydrogen (secondary N) is 1. The second-order valence-corrected chi connectivity index (χ2v) is 7.66. The van der Waals surface area contributed by atoms with Gasteiger partial charge in [-0.1, -0.05) is 24.3 Å². The maximum Gasteiger partial charge on any atom is 1.00 e. The fourth-order valence-electron chi connectivity index (χ4n) is 4.27. The summed E-state index contributed by atoms with van der Waals surface area (Å²) in [7, 11) is 0. The number of carboxylic acids is 1. The van der Waals surface area contributed by atoms with Gasteiger partial charge in [-0.25, -0.2) is 0 Å². The maximum atomic E-state index is 12.7. The smallest absolute Gasteiger partial charge is 0.550 e. The topological polar surface area (TPSA) is 122 Å². The van der Waals surface area contributed by atoms with Crippen LogP contribution < -0.4 is 45.7 Å². The SMILES string of the molecule is NC(=O)CC(NC(=O)CC1(C(=O)[O-])Cc2ccccc2C1)C1CCOCC1.[Na+]. The molecule has 8 heteroatoms. The number of hydrogen-bond donors (Lipinski definition) is 2. The first kappa shape index (κ1) is 22.9. The number of benzene rings is 1. The zero-order valence-corrected chi connectivity index (χ0v) is 18.2. The molecule has 0 spiro atoms. The van der Waals surface area contributed by atoms with Crippen molar-refractivity contribution in [3.05, 3.63) is 35.4 Å². The molecule has 7 nitrogen and oxygen atoms in total. The Morgan fingerprint density at radius 1 is 1.18 bits per heavy atom.